The molecule has 0 fully saturated rings. The van der Waals surface area contributed by atoms with Crippen LogP contribution in [0.2, 0.25) is 0 Å². The van der Waals surface area contributed by atoms with E-state index in [0.717, 1.165) is 17.8 Å². The Morgan fingerprint density at radius 3 is 2.69 bits per heavy atom. The minimum absolute atomic E-state index is 0.484. The molecule has 3 heteroatoms. The van der Waals surface area contributed by atoms with Crippen LogP contribution in [0.15, 0.2) is 24.3 Å². The zero-order valence-electron chi connectivity index (χ0n) is 10.3. The van der Waals surface area contributed by atoms with Crippen molar-refractivity contribution in [3.8, 4) is 0 Å². The Morgan fingerprint density at radius 2 is 2.12 bits per heavy atom. The number of anilines is 2. The molecule has 1 aromatic carbocycles. The summed E-state index contributed by atoms with van der Waals surface area (Å²) < 4.78 is 0. The van der Waals surface area contributed by atoms with Crippen molar-refractivity contribution in [3.05, 3.63) is 24.3 Å². The lowest BCUT2D eigenvalue weighted by Gasteiger charge is -2.26. The van der Waals surface area contributed by atoms with Gasteiger partial charge in [0.1, 0.15) is 0 Å². The van der Waals surface area contributed by atoms with E-state index in [1.807, 2.05) is 31.2 Å². The van der Waals surface area contributed by atoms with E-state index in [1.165, 1.54) is 0 Å². The number of hydrogen-bond donors (Lipinski definition) is 3. The SMILES string of the molecule is CC(C)CC(C)(O)CNc1cccc(N)c1. The predicted octanol–water partition coefficient (Wildman–Crippen LogP) is 2.48. The highest BCUT2D eigenvalue weighted by Crippen LogP contribution is 2.18. The third-order valence-electron chi connectivity index (χ3n) is 2.41. The molecule has 90 valence electrons. The number of hydrogen-bond acceptors (Lipinski definition) is 3. The van der Waals surface area contributed by atoms with Crippen LogP contribution in [-0.4, -0.2) is 17.3 Å². The smallest absolute Gasteiger partial charge is 0.0793 e. The third-order valence-corrected chi connectivity index (χ3v) is 2.41. The second-order valence-electron chi connectivity index (χ2n) is 5.07. The van der Waals surface area contributed by atoms with E-state index >= 15 is 0 Å². The molecular weight excluding hydrogens is 200 g/mol. The van der Waals surface area contributed by atoms with E-state index in [2.05, 4.69) is 19.2 Å². The van der Waals surface area contributed by atoms with Crippen LogP contribution in [0.4, 0.5) is 11.4 Å². The van der Waals surface area contributed by atoms with Gasteiger partial charge in [-0.25, -0.2) is 0 Å². The van der Waals surface area contributed by atoms with Crippen LogP contribution < -0.4 is 11.1 Å². The third kappa shape index (κ3) is 4.53. The number of benzene rings is 1. The van der Waals surface area contributed by atoms with Gasteiger partial charge >= 0.3 is 0 Å². The summed E-state index contributed by atoms with van der Waals surface area (Å²) >= 11 is 0. The van der Waals surface area contributed by atoms with Crippen LogP contribution in [0.25, 0.3) is 0 Å². The van der Waals surface area contributed by atoms with Crippen molar-refractivity contribution in [3.63, 3.8) is 0 Å². The summed E-state index contributed by atoms with van der Waals surface area (Å²) in [5, 5.41) is 13.3. The van der Waals surface area contributed by atoms with E-state index in [0.29, 0.717) is 12.5 Å². The molecule has 3 nitrogen and oxygen atoms in total. The molecule has 0 saturated heterocycles. The summed E-state index contributed by atoms with van der Waals surface area (Å²) in [6.45, 7) is 6.60. The maximum atomic E-state index is 10.1. The van der Waals surface area contributed by atoms with Gasteiger partial charge in [-0.05, 0) is 37.5 Å². The Morgan fingerprint density at radius 1 is 1.44 bits per heavy atom. The lowest BCUT2D eigenvalue weighted by Crippen LogP contribution is -2.34. The average Bonchev–Trinajstić information content (AvgIpc) is 2.13. The molecule has 1 aromatic rings. The van der Waals surface area contributed by atoms with Gasteiger partial charge in [0.05, 0.1) is 5.60 Å². The molecule has 0 spiro atoms. The largest absolute Gasteiger partial charge is 0.399 e. The highest BCUT2D eigenvalue weighted by atomic mass is 16.3. The molecule has 0 aliphatic carbocycles. The van der Waals surface area contributed by atoms with Gasteiger partial charge in [0.2, 0.25) is 0 Å². The topological polar surface area (TPSA) is 58.3 Å². The van der Waals surface area contributed by atoms with Crippen molar-refractivity contribution in [1.29, 1.82) is 0 Å². The average molecular weight is 222 g/mol. The van der Waals surface area contributed by atoms with E-state index < -0.39 is 5.60 Å². The minimum atomic E-state index is -0.682. The molecule has 1 rings (SSSR count). The van der Waals surface area contributed by atoms with Gasteiger partial charge in [-0.1, -0.05) is 19.9 Å². The number of rotatable bonds is 5. The van der Waals surface area contributed by atoms with Gasteiger partial charge in [0, 0.05) is 17.9 Å². The van der Waals surface area contributed by atoms with Gasteiger partial charge in [-0.3, -0.25) is 0 Å². The molecule has 0 saturated carbocycles. The lowest BCUT2D eigenvalue weighted by molar-refractivity contribution is 0.0515. The van der Waals surface area contributed by atoms with Crippen molar-refractivity contribution in [2.45, 2.75) is 32.8 Å². The van der Waals surface area contributed by atoms with Crippen molar-refractivity contribution in [2.24, 2.45) is 5.92 Å². The zero-order chi connectivity index (χ0) is 12.2. The molecule has 1 atom stereocenters. The van der Waals surface area contributed by atoms with E-state index in [4.69, 9.17) is 5.73 Å². The van der Waals surface area contributed by atoms with Crippen molar-refractivity contribution in [2.75, 3.05) is 17.6 Å². The Labute approximate surface area is 97.7 Å². The summed E-state index contributed by atoms with van der Waals surface area (Å²) in [6, 6.07) is 7.56. The summed E-state index contributed by atoms with van der Waals surface area (Å²) in [5.74, 6) is 0.484. The molecule has 0 aliphatic rings. The molecule has 0 radical (unpaired) electrons. The first-order valence-electron chi connectivity index (χ1n) is 5.71. The standard InChI is InChI=1S/C13H22N2O/c1-10(2)8-13(3,16)9-15-12-6-4-5-11(14)7-12/h4-7,10,15-16H,8-9,14H2,1-3H3. The number of nitrogen functional groups attached to an aromatic ring is 1. The van der Waals surface area contributed by atoms with Crippen LogP contribution in [0, 0.1) is 5.92 Å². The number of nitrogens with two attached hydrogens (primary N) is 1. The summed E-state index contributed by atoms with van der Waals surface area (Å²) in [5.41, 5.74) is 6.67. The Hall–Kier alpha value is -1.22. The Kier molecular flexibility index (Phi) is 4.19. The molecule has 0 heterocycles. The molecule has 1 unspecified atom stereocenters. The van der Waals surface area contributed by atoms with Crippen LogP contribution in [0.1, 0.15) is 27.2 Å². The van der Waals surface area contributed by atoms with Gasteiger partial charge < -0.3 is 16.2 Å². The van der Waals surface area contributed by atoms with Crippen molar-refractivity contribution in [1.82, 2.24) is 0 Å². The van der Waals surface area contributed by atoms with Crippen molar-refractivity contribution >= 4 is 11.4 Å². The molecule has 0 bridgehead atoms. The second-order valence-corrected chi connectivity index (χ2v) is 5.07. The van der Waals surface area contributed by atoms with Crippen LogP contribution in [0.3, 0.4) is 0 Å². The Bertz CT molecular complexity index is 334. The zero-order valence-corrected chi connectivity index (χ0v) is 10.3. The molecular formula is C13H22N2O. The maximum Gasteiger partial charge on any atom is 0.0793 e. The fourth-order valence-corrected chi connectivity index (χ4v) is 1.89. The van der Waals surface area contributed by atoms with Crippen LogP contribution in [0.5, 0.6) is 0 Å². The number of nitrogens with one attached hydrogen (secondary N) is 1. The van der Waals surface area contributed by atoms with E-state index in [1.54, 1.807) is 0 Å². The molecule has 0 aliphatic heterocycles. The summed E-state index contributed by atoms with van der Waals surface area (Å²) in [7, 11) is 0. The highest BCUT2D eigenvalue weighted by Gasteiger charge is 2.21. The molecule has 4 N–H and O–H groups in total. The monoisotopic (exact) mass is 222 g/mol. The van der Waals surface area contributed by atoms with Crippen LogP contribution >= 0.6 is 0 Å². The normalized spacial score (nSPS) is 14.8. The number of aliphatic hydroxyl groups is 1. The van der Waals surface area contributed by atoms with Gasteiger partial charge in [-0.2, -0.15) is 0 Å². The van der Waals surface area contributed by atoms with Crippen LogP contribution in [-0.2, 0) is 0 Å². The fraction of sp³-hybridized carbons (Fsp3) is 0.538. The van der Waals surface area contributed by atoms with Gasteiger partial charge in [0.25, 0.3) is 0 Å². The quantitative estimate of drug-likeness (QED) is 0.671. The summed E-state index contributed by atoms with van der Waals surface area (Å²) in [6.07, 6.45) is 0.780. The Balaban J connectivity index is 2.50. The van der Waals surface area contributed by atoms with Crippen molar-refractivity contribution < 1.29 is 5.11 Å². The van der Waals surface area contributed by atoms with E-state index in [-0.39, 0.29) is 0 Å². The summed E-state index contributed by atoms with van der Waals surface area (Å²) in [4.78, 5) is 0. The minimum Gasteiger partial charge on any atom is -0.399 e. The molecule has 16 heavy (non-hydrogen) atoms. The van der Waals surface area contributed by atoms with E-state index in [9.17, 15) is 5.11 Å². The first-order valence-corrected chi connectivity index (χ1v) is 5.71. The fourth-order valence-electron chi connectivity index (χ4n) is 1.89. The van der Waals surface area contributed by atoms with Gasteiger partial charge in [-0.15, -0.1) is 0 Å². The maximum absolute atomic E-state index is 10.1. The predicted molar refractivity (Wildman–Crippen MR) is 69.4 cm³/mol. The lowest BCUT2D eigenvalue weighted by atomic mass is 9.94. The molecule has 0 amide bonds. The first kappa shape index (κ1) is 12.8. The van der Waals surface area contributed by atoms with Gasteiger partial charge in [0.15, 0.2) is 0 Å². The highest BCUT2D eigenvalue weighted by molar-refractivity contribution is 5.54. The molecule has 0 aromatic heterocycles. The second kappa shape index (κ2) is 5.21. The first-order chi connectivity index (χ1) is 7.39.